The second-order valence-electron chi connectivity index (χ2n) is 7.29. The van der Waals surface area contributed by atoms with Crippen molar-refractivity contribution in [1.82, 2.24) is 20.0 Å². The molecule has 2 heterocycles. The molecule has 1 fully saturated rings. The molecule has 6 nitrogen and oxygen atoms in total. The Bertz CT molecular complexity index is 769. The van der Waals surface area contributed by atoms with Crippen molar-refractivity contribution < 1.29 is 9.53 Å². The number of aromatic nitrogens is 2. The minimum Gasteiger partial charge on any atom is -0.496 e. The van der Waals surface area contributed by atoms with Gasteiger partial charge in [0.2, 0.25) is 5.91 Å². The molecule has 140 valence electrons. The standard InChI is InChI=1S/C20H28N4O2/c1-14-7-8-19(26-4)15(10-14)11-20(25)24-9-5-6-18(24)17-12-16(21-22-17)13-23(2)3/h7-8,10,12,18H,5-6,9,11,13H2,1-4H3,(H,21,22)/t18-/m1/s1. The molecule has 1 saturated heterocycles. The zero-order valence-electron chi connectivity index (χ0n) is 16.1. The molecule has 1 amide bonds. The summed E-state index contributed by atoms with van der Waals surface area (Å²) >= 11 is 0. The van der Waals surface area contributed by atoms with E-state index in [9.17, 15) is 4.79 Å². The molecule has 1 aromatic heterocycles. The van der Waals surface area contributed by atoms with Crippen molar-refractivity contribution in [1.29, 1.82) is 0 Å². The SMILES string of the molecule is COc1ccc(C)cc1CC(=O)N1CCC[C@@H]1c1cc(CN(C)C)[nH]n1. The number of aromatic amines is 1. The highest BCUT2D eigenvalue weighted by molar-refractivity contribution is 5.80. The second kappa shape index (κ2) is 7.91. The van der Waals surface area contributed by atoms with Crippen LogP contribution in [-0.4, -0.2) is 53.7 Å². The molecule has 1 aromatic carbocycles. The van der Waals surface area contributed by atoms with Gasteiger partial charge in [-0.1, -0.05) is 17.7 Å². The predicted octanol–water partition coefficient (Wildman–Crippen LogP) is 2.69. The fourth-order valence-electron chi connectivity index (χ4n) is 3.65. The van der Waals surface area contributed by atoms with Crippen LogP contribution in [0.5, 0.6) is 5.75 Å². The highest BCUT2D eigenvalue weighted by Gasteiger charge is 2.32. The smallest absolute Gasteiger partial charge is 0.227 e. The number of likely N-dealkylation sites (tertiary alicyclic amines) is 1. The van der Waals surface area contributed by atoms with E-state index >= 15 is 0 Å². The Hall–Kier alpha value is -2.34. The van der Waals surface area contributed by atoms with Crippen molar-refractivity contribution >= 4 is 5.91 Å². The molecule has 0 aliphatic carbocycles. The van der Waals surface area contributed by atoms with Crippen molar-refractivity contribution in [2.24, 2.45) is 0 Å². The topological polar surface area (TPSA) is 61.5 Å². The first-order valence-corrected chi connectivity index (χ1v) is 9.10. The van der Waals surface area contributed by atoms with Crippen LogP contribution in [0.4, 0.5) is 0 Å². The number of hydrogen-bond donors (Lipinski definition) is 1. The Morgan fingerprint density at radius 1 is 1.38 bits per heavy atom. The van der Waals surface area contributed by atoms with Gasteiger partial charge in [-0.15, -0.1) is 0 Å². The number of nitrogens with zero attached hydrogens (tertiary/aromatic N) is 3. The molecule has 1 N–H and O–H groups in total. The summed E-state index contributed by atoms with van der Waals surface area (Å²) in [5.41, 5.74) is 4.11. The first-order chi connectivity index (χ1) is 12.5. The number of H-pyrrole nitrogens is 1. The minimum atomic E-state index is 0.0606. The van der Waals surface area contributed by atoms with Crippen LogP contribution in [0.3, 0.4) is 0 Å². The molecular formula is C20H28N4O2. The van der Waals surface area contributed by atoms with Crippen molar-refractivity contribution in [3.8, 4) is 5.75 Å². The van der Waals surface area contributed by atoms with Crippen molar-refractivity contribution in [3.05, 3.63) is 46.8 Å². The lowest BCUT2D eigenvalue weighted by atomic mass is 10.1. The number of aryl methyl sites for hydroxylation is 1. The summed E-state index contributed by atoms with van der Waals surface area (Å²) in [4.78, 5) is 17.1. The Labute approximate surface area is 155 Å². The first kappa shape index (κ1) is 18.5. The van der Waals surface area contributed by atoms with E-state index in [1.807, 2.05) is 44.1 Å². The Morgan fingerprint density at radius 2 is 2.19 bits per heavy atom. The van der Waals surface area contributed by atoms with Gasteiger partial charge in [0, 0.05) is 24.3 Å². The van der Waals surface area contributed by atoms with Gasteiger partial charge in [-0.2, -0.15) is 5.10 Å². The van der Waals surface area contributed by atoms with Gasteiger partial charge in [-0.3, -0.25) is 9.89 Å². The molecule has 0 bridgehead atoms. The quantitative estimate of drug-likeness (QED) is 0.864. The maximum Gasteiger partial charge on any atom is 0.227 e. The van der Waals surface area contributed by atoms with Gasteiger partial charge in [-0.05, 0) is 46.0 Å². The molecule has 3 rings (SSSR count). The Balaban J connectivity index is 1.74. The summed E-state index contributed by atoms with van der Waals surface area (Å²) < 4.78 is 5.42. The van der Waals surface area contributed by atoms with Gasteiger partial charge in [0.15, 0.2) is 0 Å². The van der Waals surface area contributed by atoms with Gasteiger partial charge in [0.1, 0.15) is 5.75 Å². The maximum absolute atomic E-state index is 13.0. The number of benzene rings is 1. The van der Waals surface area contributed by atoms with Crippen LogP contribution in [0.15, 0.2) is 24.3 Å². The summed E-state index contributed by atoms with van der Waals surface area (Å²) in [6.45, 7) is 3.63. The van der Waals surface area contributed by atoms with E-state index < -0.39 is 0 Å². The van der Waals surface area contributed by atoms with Gasteiger partial charge < -0.3 is 14.5 Å². The molecule has 0 unspecified atom stereocenters. The monoisotopic (exact) mass is 356 g/mol. The third-order valence-electron chi connectivity index (χ3n) is 4.83. The number of rotatable bonds is 6. The second-order valence-corrected chi connectivity index (χ2v) is 7.29. The van der Waals surface area contributed by atoms with E-state index in [-0.39, 0.29) is 11.9 Å². The molecule has 1 aliphatic rings. The van der Waals surface area contributed by atoms with Crippen LogP contribution in [0.1, 0.15) is 41.4 Å². The van der Waals surface area contributed by atoms with Crippen molar-refractivity contribution in [3.63, 3.8) is 0 Å². The lowest BCUT2D eigenvalue weighted by molar-refractivity contribution is -0.131. The zero-order valence-corrected chi connectivity index (χ0v) is 16.1. The largest absolute Gasteiger partial charge is 0.496 e. The van der Waals surface area contributed by atoms with Gasteiger partial charge >= 0.3 is 0 Å². The number of methoxy groups -OCH3 is 1. The van der Waals surface area contributed by atoms with Crippen LogP contribution in [0.25, 0.3) is 0 Å². The summed E-state index contributed by atoms with van der Waals surface area (Å²) in [5.74, 6) is 0.904. The molecule has 0 spiro atoms. The Kier molecular flexibility index (Phi) is 5.61. The summed E-state index contributed by atoms with van der Waals surface area (Å²) in [6.07, 6.45) is 2.33. The van der Waals surface area contributed by atoms with Crippen LogP contribution in [0.2, 0.25) is 0 Å². The third kappa shape index (κ3) is 4.07. The van der Waals surface area contributed by atoms with E-state index in [4.69, 9.17) is 4.74 Å². The number of amides is 1. The third-order valence-corrected chi connectivity index (χ3v) is 4.83. The Morgan fingerprint density at radius 3 is 2.92 bits per heavy atom. The highest BCUT2D eigenvalue weighted by Crippen LogP contribution is 2.32. The summed E-state index contributed by atoms with van der Waals surface area (Å²) in [7, 11) is 5.70. The van der Waals surface area contributed by atoms with Crippen LogP contribution >= 0.6 is 0 Å². The molecule has 2 aromatic rings. The van der Waals surface area contributed by atoms with E-state index in [2.05, 4.69) is 21.2 Å². The normalized spacial score (nSPS) is 17.1. The number of carbonyl (C=O) groups is 1. The number of nitrogens with one attached hydrogen (secondary N) is 1. The first-order valence-electron chi connectivity index (χ1n) is 9.10. The fraction of sp³-hybridized carbons (Fsp3) is 0.500. The van der Waals surface area contributed by atoms with E-state index in [1.165, 1.54) is 0 Å². The molecule has 0 radical (unpaired) electrons. The van der Waals surface area contributed by atoms with Crippen LogP contribution in [0, 0.1) is 6.92 Å². The summed E-state index contributed by atoms with van der Waals surface area (Å²) in [6, 6.07) is 8.11. The lowest BCUT2D eigenvalue weighted by Gasteiger charge is -2.24. The fourth-order valence-corrected chi connectivity index (χ4v) is 3.65. The zero-order chi connectivity index (χ0) is 18.7. The molecule has 26 heavy (non-hydrogen) atoms. The molecule has 6 heteroatoms. The van der Waals surface area contributed by atoms with Crippen molar-refractivity contribution in [2.75, 3.05) is 27.7 Å². The van der Waals surface area contributed by atoms with Gasteiger partial charge in [-0.25, -0.2) is 0 Å². The molecule has 0 saturated carbocycles. The average Bonchev–Trinajstić information content (AvgIpc) is 3.23. The lowest BCUT2D eigenvalue weighted by Crippen LogP contribution is -2.32. The number of ether oxygens (including phenoxy) is 1. The molecule has 1 atom stereocenters. The highest BCUT2D eigenvalue weighted by atomic mass is 16.5. The van der Waals surface area contributed by atoms with Crippen LogP contribution < -0.4 is 4.74 Å². The van der Waals surface area contributed by atoms with Gasteiger partial charge in [0.25, 0.3) is 0 Å². The number of hydrogen-bond acceptors (Lipinski definition) is 4. The van der Waals surface area contributed by atoms with Gasteiger partial charge in [0.05, 0.1) is 25.3 Å². The molecule has 1 aliphatic heterocycles. The minimum absolute atomic E-state index is 0.0606. The predicted molar refractivity (Wildman–Crippen MR) is 101 cm³/mol. The van der Waals surface area contributed by atoms with Crippen molar-refractivity contribution in [2.45, 2.75) is 38.8 Å². The average molecular weight is 356 g/mol. The summed E-state index contributed by atoms with van der Waals surface area (Å²) in [5, 5.41) is 7.57. The van der Waals surface area contributed by atoms with Crippen LogP contribution in [-0.2, 0) is 17.8 Å². The maximum atomic E-state index is 13.0. The van der Waals surface area contributed by atoms with E-state index in [0.717, 1.165) is 54.2 Å². The molecular weight excluding hydrogens is 328 g/mol. The van der Waals surface area contributed by atoms with E-state index in [0.29, 0.717) is 6.42 Å². The van der Waals surface area contributed by atoms with E-state index in [1.54, 1.807) is 7.11 Å². The number of carbonyl (C=O) groups excluding carboxylic acids is 1.